The molecule has 28 heavy (non-hydrogen) atoms. The first-order chi connectivity index (χ1) is 13.4. The fourth-order valence-electron chi connectivity index (χ4n) is 3.32. The largest absolute Gasteiger partial charge is 0.354 e. The van der Waals surface area contributed by atoms with Crippen molar-refractivity contribution >= 4 is 15.8 Å². The molecule has 1 saturated heterocycles. The number of rotatable bonds is 4. The van der Waals surface area contributed by atoms with Crippen LogP contribution >= 0.6 is 0 Å². The second-order valence-corrected chi connectivity index (χ2v) is 8.90. The Hall–Kier alpha value is -2.71. The third-order valence-corrected chi connectivity index (χ3v) is 7.08. The van der Waals surface area contributed by atoms with Crippen LogP contribution in [-0.2, 0) is 10.0 Å². The summed E-state index contributed by atoms with van der Waals surface area (Å²) in [4.78, 5) is 11.1. The van der Waals surface area contributed by atoms with Gasteiger partial charge in [-0.1, -0.05) is 6.07 Å². The molecular weight excluding hydrogens is 374 g/mol. The van der Waals surface area contributed by atoms with Crippen molar-refractivity contribution in [3.63, 3.8) is 0 Å². The maximum atomic E-state index is 13.0. The van der Waals surface area contributed by atoms with E-state index in [4.69, 9.17) is 0 Å². The Balaban J connectivity index is 1.49. The van der Waals surface area contributed by atoms with Crippen LogP contribution in [0.25, 0.3) is 5.82 Å². The number of benzene rings is 1. The molecule has 3 heterocycles. The van der Waals surface area contributed by atoms with Crippen LogP contribution in [0, 0.1) is 13.8 Å². The molecule has 0 saturated carbocycles. The van der Waals surface area contributed by atoms with Crippen LogP contribution in [0.2, 0.25) is 0 Å². The molecule has 0 atom stereocenters. The van der Waals surface area contributed by atoms with Crippen LogP contribution in [0.5, 0.6) is 0 Å². The molecule has 1 aliphatic heterocycles. The number of piperazine rings is 1. The van der Waals surface area contributed by atoms with E-state index in [2.05, 4.69) is 14.9 Å². The average Bonchev–Trinajstić information content (AvgIpc) is 3.25. The van der Waals surface area contributed by atoms with Gasteiger partial charge in [0.15, 0.2) is 0 Å². The Morgan fingerprint density at radius 1 is 0.857 bits per heavy atom. The Labute approximate surface area is 165 Å². The van der Waals surface area contributed by atoms with Crippen molar-refractivity contribution in [2.24, 2.45) is 0 Å². The molecular formula is C20H23N5O2S. The highest BCUT2D eigenvalue weighted by atomic mass is 32.2. The highest BCUT2D eigenvalue weighted by Crippen LogP contribution is 2.22. The lowest BCUT2D eigenvalue weighted by atomic mass is 10.1. The molecule has 4 rings (SSSR count). The van der Waals surface area contributed by atoms with Gasteiger partial charge in [-0.25, -0.2) is 18.4 Å². The summed E-state index contributed by atoms with van der Waals surface area (Å²) in [5.74, 6) is 1.60. The third-order valence-electron chi connectivity index (χ3n) is 5.19. The van der Waals surface area contributed by atoms with Crippen molar-refractivity contribution in [1.29, 1.82) is 0 Å². The van der Waals surface area contributed by atoms with Gasteiger partial charge in [0, 0.05) is 44.6 Å². The quantitative estimate of drug-likeness (QED) is 0.676. The Morgan fingerprint density at radius 3 is 2.21 bits per heavy atom. The maximum absolute atomic E-state index is 13.0. The van der Waals surface area contributed by atoms with E-state index in [0.29, 0.717) is 31.1 Å². The second-order valence-electron chi connectivity index (χ2n) is 6.96. The standard InChI is InChI=1S/C20H23N5O2S/c1-16-5-6-18(13-17(16)2)28(26,27)25-11-9-24(10-12-25)20-14-19(21-15-22-20)23-7-3-4-8-23/h3-8,13-15H,9-12H2,1-2H3. The molecule has 0 radical (unpaired) electrons. The molecule has 1 aliphatic rings. The molecule has 0 aliphatic carbocycles. The van der Waals surface area contributed by atoms with Gasteiger partial charge in [-0.15, -0.1) is 0 Å². The predicted molar refractivity (Wildman–Crippen MR) is 108 cm³/mol. The Bertz CT molecular complexity index is 1070. The van der Waals surface area contributed by atoms with Gasteiger partial charge in [-0.3, -0.25) is 0 Å². The summed E-state index contributed by atoms with van der Waals surface area (Å²) in [6, 6.07) is 11.1. The van der Waals surface area contributed by atoms with E-state index in [9.17, 15) is 8.42 Å². The monoisotopic (exact) mass is 397 g/mol. The topological polar surface area (TPSA) is 71.3 Å². The van der Waals surface area contributed by atoms with Crippen LogP contribution in [0.4, 0.5) is 5.82 Å². The highest BCUT2D eigenvalue weighted by molar-refractivity contribution is 7.89. The first-order valence-corrected chi connectivity index (χ1v) is 10.7. The summed E-state index contributed by atoms with van der Waals surface area (Å²) >= 11 is 0. The molecule has 1 aromatic carbocycles. The highest BCUT2D eigenvalue weighted by Gasteiger charge is 2.29. The van der Waals surface area contributed by atoms with Crippen molar-refractivity contribution in [2.45, 2.75) is 18.7 Å². The van der Waals surface area contributed by atoms with E-state index in [-0.39, 0.29) is 0 Å². The van der Waals surface area contributed by atoms with Crippen LogP contribution < -0.4 is 4.90 Å². The van der Waals surface area contributed by atoms with Gasteiger partial charge >= 0.3 is 0 Å². The third kappa shape index (κ3) is 3.53. The molecule has 3 aromatic rings. The molecule has 0 N–H and O–H groups in total. The summed E-state index contributed by atoms with van der Waals surface area (Å²) in [5.41, 5.74) is 2.07. The van der Waals surface area contributed by atoms with Gasteiger partial charge in [-0.2, -0.15) is 4.31 Å². The maximum Gasteiger partial charge on any atom is 0.243 e. The van der Waals surface area contributed by atoms with Crippen LogP contribution in [-0.4, -0.2) is 53.4 Å². The molecule has 0 unspecified atom stereocenters. The second kappa shape index (κ2) is 7.37. The van der Waals surface area contributed by atoms with Crippen molar-refractivity contribution < 1.29 is 8.42 Å². The zero-order chi connectivity index (χ0) is 19.7. The number of aromatic nitrogens is 3. The molecule has 7 nitrogen and oxygen atoms in total. The van der Waals surface area contributed by atoms with Gasteiger partial charge in [-0.05, 0) is 49.2 Å². The normalized spacial score (nSPS) is 15.7. The van der Waals surface area contributed by atoms with Crippen LogP contribution in [0.3, 0.4) is 0 Å². The lowest BCUT2D eigenvalue weighted by Crippen LogP contribution is -2.49. The lowest BCUT2D eigenvalue weighted by Gasteiger charge is -2.34. The Kier molecular flexibility index (Phi) is 4.91. The summed E-state index contributed by atoms with van der Waals surface area (Å²) < 4.78 is 29.4. The first kappa shape index (κ1) is 18.6. The van der Waals surface area contributed by atoms with Crippen molar-refractivity contribution in [3.05, 3.63) is 66.2 Å². The molecule has 2 aromatic heterocycles. The van der Waals surface area contributed by atoms with Gasteiger partial charge in [0.25, 0.3) is 0 Å². The zero-order valence-corrected chi connectivity index (χ0v) is 16.8. The minimum absolute atomic E-state index is 0.362. The predicted octanol–water partition coefficient (Wildman–Crippen LogP) is 2.40. The van der Waals surface area contributed by atoms with Crippen molar-refractivity contribution in [1.82, 2.24) is 18.8 Å². The number of nitrogens with zero attached hydrogens (tertiary/aromatic N) is 5. The van der Waals surface area contributed by atoms with E-state index < -0.39 is 10.0 Å². The van der Waals surface area contributed by atoms with Crippen LogP contribution in [0.15, 0.2) is 60.0 Å². The molecule has 0 spiro atoms. The van der Waals surface area contributed by atoms with Gasteiger partial charge < -0.3 is 9.47 Å². The zero-order valence-electron chi connectivity index (χ0n) is 16.0. The van der Waals surface area contributed by atoms with E-state index >= 15 is 0 Å². The molecule has 0 amide bonds. The van der Waals surface area contributed by atoms with Gasteiger partial charge in [0.1, 0.15) is 18.0 Å². The van der Waals surface area contributed by atoms with E-state index in [1.165, 1.54) is 0 Å². The van der Waals surface area contributed by atoms with E-state index in [1.807, 2.05) is 55.1 Å². The van der Waals surface area contributed by atoms with Crippen molar-refractivity contribution in [3.8, 4) is 5.82 Å². The van der Waals surface area contributed by atoms with E-state index in [0.717, 1.165) is 22.8 Å². The minimum Gasteiger partial charge on any atom is -0.354 e. The molecule has 0 bridgehead atoms. The smallest absolute Gasteiger partial charge is 0.243 e. The van der Waals surface area contributed by atoms with Crippen LogP contribution in [0.1, 0.15) is 11.1 Å². The SMILES string of the molecule is Cc1ccc(S(=O)(=O)N2CCN(c3cc(-n4cccc4)ncn3)CC2)cc1C. The summed E-state index contributed by atoms with van der Waals surface area (Å²) in [5, 5.41) is 0. The molecule has 1 fully saturated rings. The lowest BCUT2D eigenvalue weighted by molar-refractivity contribution is 0.383. The summed E-state index contributed by atoms with van der Waals surface area (Å²) in [6.45, 7) is 5.95. The van der Waals surface area contributed by atoms with E-state index in [1.54, 1.807) is 22.8 Å². The summed E-state index contributed by atoms with van der Waals surface area (Å²) in [7, 11) is -3.48. The fraction of sp³-hybridized carbons (Fsp3) is 0.300. The number of hydrogen-bond donors (Lipinski definition) is 0. The number of sulfonamides is 1. The molecule has 8 heteroatoms. The number of aryl methyl sites for hydroxylation is 2. The van der Waals surface area contributed by atoms with Gasteiger partial charge in [0.05, 0.1) is 4.90 Å². The Morgan fingerprint density at radius 2 is 1.54 bits per heavy atom. The number of hydrogen-bond acceptors (Lipinski definition) is 5. The van der Waals surface area contributed by atoms with Gasteiger partial charge in [0.2, 0.25) is 10.0 Å². The fourth-order valence-corrected chi connectivity index (χ4v) is 4.83. The van der Waals surface area contributed by atoms with Crippen molar-refractivity contribution in [2.75, 3.05) is 31.1 Å². The summed E-state index contributed by atoms with van der Waals surface area (Å²) in [6.07, 6.45) is 5.41. The minimum atomic E-state index is -3.48. The average molecular weight is 398 g/mol. The number of anilines is 1. The molecule has 146 valence electrons. The first-order valence-electron chi connectivity index (χ1n) is 9.23.